The van der Waals surface area contributed by atoms with E-state index in [1.807, 2.05) is 35.2 Å². The van der Waals surface area contributed by atoms with Crippen LogP contribution in [0.2, 0.25) is 5.02 Å². The Morgan fingerprint density at radius 2 is 1.71 bits per heavy atom. The summed E-state index contributed by atoms with van der Waals surface area (Å²) >= 11 is 5.92. The highest BCUT2D eigenvalue weighted by molar-refractivity contribution is 6.30. The van der Waals surface area contributed by atoms with Crippen LogP contribution in [0, 0.1) is 0 Å². The standard InChI is InChI=1S/C25H32ClN3O2/c26-22-10-8-20(9-11-22)17-27-25(30)28-15-12-23(13-16-28)29-14-4-7-24(29)19-31-18-21-5-2-1-3-6-21/h1-3,5-6,8-11,23-24H,4,7,12-19H2,(H,27,30)/t24-/m1/s1. The lowest BCUT2D eigenvalue weighted by molar-refractivity contribution is 0.0368. The van der Waals surface area contributed by atoms with Gasteiger partial charge in [0.15, 0.2) is 0 Å². The largest absolute Gasteiger partial charge is 0.375 e. The maximum absolute atomic E-state index is 12.6. The van der Waals surface area contributed by atoms with Crippen molar-refractivity contribution in [1.29, 1.82) is 0 Å². The van der Waals surface area contributed by atoms with Crippen LogP contribution in [0.3, 0.4) is 0 Å². The molecule has 0 aliphatic carbocycles. The van der Waals surface area contributed by atoms with Gasteiger partial charge in [-0.2, -0.15) is 0 Å². The van der Waals surface area contributed by atoms with E-state index in [-0.39, 0.29) is 6.03 Å². The number of amides is 2. The minimum Gasteiger partial charge on any atom is -0.375 e. The van der Waals surface area contributed by atoms with Crippen LogP contribution in [0.15, 0.2) is 54.6 Å². The van der Waals surface area contributed by atoms with Crippen molar-refractivity contribution in [2.45, 2.75) is 50.9 Å². The summed E-state index contributed by atoms with van der Waals surface area (Å²) in [5, 5.41) is 3.75. The number of halogens is 1. The molecule has 2 saturated heterocycles. The van der Waals surface area contributed by atoms with Crippen molar-refractivity contribution in [3.63, 3.8) is 0 Å². The van der Waals surface area contributed by atoms with E-state index in [1.54, 1.807) is 0 Å². The summed E-state index contributed by atoms with van der Waals surface area (Å²) in [6, 6.07) is 19.0. The van der Waals surface area contributed by atoms with E-state index >= 15 is 0 Å². The number of piperidine rings is 1. The molecule has 6 heteroatoms. The average Bonchev–Trinajstić information content (AvgIpc) is 3.28. The molecule has 2 aliphatic heterocycles. The molecular weight excluding hydrogens is 410 g/mol. The minimum atomic E-state index is 0.0255. The molecule has 2 aromatic carbocycles. The van der Waals surface area contributed by atoms with Gasteiger partial charge in [0, 0.05) is 36.7 Å². The van der Waals surface area contributed by atoms with Gasteiger partial charge in [-0.1, -0.05) is 54.1 Å². The second kappa shape index (κ2) is 11.0. The number of carbonyl (C=O) groups is 1. The third-order valence-electron chi connectivity index (χ3n) is 6.42. The Balaban J connectivity index is 1.19. The van der Waals surface area contributed by atoms with Gasteiger partial charge in [0.1, 0.15) is 0 Å². The van der Waals surface area contributed by atoms with Crippen molar-refractivity contribution in [2.75, 3.05) is 26.2 Å². The molecule has 0 aromatic heterocycles. The van der Waals surface area contributed by atoms with Crippen LogP contribution in [-0.4, -0.2) is 54.2 Å². The van der Waals surface area contributed by atoms with Gasteiger partial charge in [-0.15, -0.1) is 0 Å². The van der Waals surface area contributed by atoms with E-state index in [9.17, 15) is 4.79 Å². The van der Waals surface area contributed by atoms with Gasteiger partial charge in [0.25, 0.3) is 0 Å². The van der Waals surface area contributed by atoms with E-state index in [0.29, 0.717) is 30.3 Å². The number of urea groups is 1. The van der Waals surface area contributed by atoms with Gasteiger partial charge in [0.05, 0.1) is 13.2 Å². The van der Waals surface area contributed by atoms with Crippen molar-refractivity contribution in [2.24, 2.45) is 0 Å². The lowest BCUT2D eigenvalue weighted by atomic mass is 10.0. The Morgan fingerprint density at radius 1 is 0.968 bits per heavy atom. The topological polar surface area (TPSA) is 44.8 Å². The molecule has 2 fully saturated rings. The van der Waals surface area contributed by atoms with Crippen LogP contribution in [0.25, 0.3) is 0 Å². The zero-order chi connectivity index (χ0) is 21.5. The first-order chi connectivity index (χ1) is 15.2. The molecule has 2 aliphatic rings. The maximum Gasteiger partial charge on any atom is 0.317 e. The summed E-state index contributed by atoms with van der Waals surface area (Å²) in [6.45, 7) is 4.76. The average molecular weight is 442 g/mol. The Hall–Kier alpha value is -2.08. The minimum absolute atomic E-state index is 0.0255. The van der Waals surface area contributed by atoms with E-state index in [4.69, 9.17) is 16.3 Å². The summed E-state index contributed by atoms with van der Waals surface area (Å²) < 4.78 is 6.04. The molecule has 166 valence electrons. The van der Waals surface area contributed by atoms with Crippen molar-refractivity contribution in [1.82, 2.24) is 15.1 Å². The number of benzene rings is 2. The molecule has 31 heavy (non-hydrogen) atoms. The quantitative estimate of drug-likeness (QED) is 0.677. The Bertz CT molecular complexity index is 822. The molecule has 0 bridgehead atoms. The number of likely N-dealkylation sites (tertiary alicyclic amines) is 2. The van der Waals surface area contributed by atoms with Crippen LogP contribution < -0.4 is 5.32 Å². The normalized spacial score (nSPS) is 20.2. The van der Waals surface area contributed by atoms with Crippen molar-refractivity contribution in [3.05, 3.63) is 70.7 Å². The molecule has 0 unspecified atom stereocenters. The van der Waals surface area contributed by atoms with Gasteiger partial charge < -0.3 is 15.0 Å². The monoisotopic (exact) mass is 441 g/mol. The first kappa shape index (κ1) is 22.1. The van der Waals surface area contributed by atoms with Gasteiger partial charge >= 0.3 is 6.03 Å². The molecular formula is C25H32ClN3O2. The fourth-order valence-electron chi connectivity index (χ4n) is 4.70. The summed E-state index contributed by atoms with van der Waals surface area (Å²) in [5.41, 5.74) is 2.29. The number of ether oxygens (including phenoxy) is 1. The Kier molecular flexibility index (Phi) is 7.84. The van der Waals surface area contributed by atoms with Gasteiger partial charge in [0.2, 0.25) is 0 Å². The highest BCUT2D eigenvalue weighted by Crippen LogP contribution is 2.26. The van der Waals surface area contributed by atoms with Gasteiger partial charge in [-0.05, 0) is 55.5 Å². The lowest BCUT2D eigenvalue weighted by Crippen LogP contribution is -2.51. The Labute approximate surface area is 190 Å². The third-order valence-corrected chi connectivity index (χ3v) is 6.67. The van der Waals surface area contributed by atoms with E-state index in [1.165, 1.54) is 18.4 Å². The molecule has 1 N–H and O–H groups in total. The predicted octanol–water partition coefficient (Wildman–Crippen LogP) is 4.70. The molecule has 2 amide bonds. The van der Waals surface area contributed by atoms with Crippen LogP contribution in [0.1, 0.15) is 36.8 Å². The molecule has 0 radical (unpaired) electrons. The molecule has 0 saturated carbocycles. The molecule has 1 atom stereocenters. The number of nitrogens with one attached hydrogen (secondary N) is 1. The first-order valence-corrected chi connectivity index (χ1v) is 11.7. The molecule has 4 rings (SSSR count). The smallest absolute Gasteiger partial charge is 0.317 e. The number of carbonyl (C=O) groups excluding carboxylic acids is 1. The zero-order valence-electron chi connectivity index (χ0n) is 18.0. The summed E-state index contributed by atoms with van der Waals surface area (Å²) in [7, 11) is 0. The zero-order valence-corrected chi connectivity index (χ0v) is 18.8. The fraction of sp³-hybridized carbons (Fsp3) is 0.480. The molecule has 0 spiro atoms. The predicted molar refractivity (Wildman–Crippen MR) is 124 cm³/mol. The van der Waals surface area contributed by atoms with Gasteiger partial charge in [-0.3, -0.25) is 4.90 Å². The number of nitrogens with zero attached hydrogens (tertiary/aromatic N) is 2. The third kappa shape index (κ3) is 6.22. The van der Waals surface area contributed by atoms with Crippen LogP contribution >= 0.6 is 11.6 Å². The molecule has 5 nitrogen and oxygen atoms in total. The fourth-order valence-corrected chi connectivity index (χ4v) is 4.82. The molecule has 2 aromatic rings. The van der Waals surface area contributed by atoms with E-state index < -0.39 is 0 Å². The van der Waals surface area contributed by atoms with Crippen LogP contribution in [0.5, 0.6) is 0 Å². The van der Waals surface area contributed by atoms with Crippen LogP contribution in [0.4, 0.5) is 4.79 Å². The maximum atomic E-state index is 12.6. The van der Waals surface area contributed by atoms with Gasteiger partial charge in [-0.25, -0.2) is 4.79 Å². The summed E-state index contributed by atoms with van der Waals surface area (Å²) in [5.74, 6) is 0. The number of hydrogen-bond acceptors (Lipinski definition) is 3. The highest BCUT2D eigenvalue weighted by Gasteiger charge is 2.33. The summed E-state index contributed by atoms with van der Waals surface area (Å²) in [6.07, 6.45) is 4.50. The van der Waals surface area contributed by atoms with Crippen molar-refractivity contribution >= 4 is 17.6 Å². The lowest BCUT2D eigenvalue weighted by Gasteiger charge is -2.39. The van der Waals surface area contributed by atoms with E-state index in [2.05, 4.69) is 34.5 Å². The first-order valence-electron chi connectivity index (χ1n) is 11.3. The van der Waals surface area contributed by atoms with Crippen molar-refractivity contribution < 1.29 is 9.53 Å². The second-order valence-electron chi connectivity index (χ2n) is 8.54. The van der Waals surface area contributed by atoms with Crippen molar-refractivity contribution in [3.8, 4) is 0 Å². The number of hydrogen-bond donors (Lipinski definition) is 1. The molecule has 2 heterocycles. The highest BCUT2D eigenvalue weighted by atomic mass is 35.5. The summed E-state index contributed by atoms with van der Waals surface area (Å²) in [4.78, 5) is 17.1. The SMILES string of the molecule is O=C(NCc1ccc(Cl)cc1)N1CCC(N2CCC[C@@H]2COCc2ccccc2)CC1. The van der Waals surface area contributed by atoms with Crippen LogP contribution in [-0.2, 0) is 17.9 Å². The Morgan fingerprint density at radius 3 is 2.45 bits per heavy atom. The number of rotatable bonds is 7. The van der Waals surface area contributed by atoms with E-state index in [0.717, 1.165) is 44.6 Å². The second-order valence-corrected chi connectivity index (χ2v) is 8.97.